The van der Waals surface area contributed by atoms with Crippen LogP contribution >= 0.6 is 0 Å². The minimum atomic E-state index is 0.639. The number of ether oxygens (including phenoxy) is 1. The summed E-state index contributed by atoms with van der Waals surface area (Å²) in [7, 11) is 0. The quantitative estimate of drug-likeness (QED) is 0.705. The van der Waals surface area contributed by atoms with Crippen LogP contribution in [0.3, 0.4) is 0 Å². The lowest BCUT2D eigenvalue weighted by molar-refractivity contribution is 0.299. The van der Waals surface area contributed by atoms with Gasteiger partial charge in [-0.1, -0.05) is 20.8 Å². The summed E-state index contributed by atoms with van der Waals surface area (Å²) in [5, 5.41) is 3.31. The van der Waals surface area contributed by atoms with Gasteiger partial charge >= 0.3 is 0 Å². The highest BCUT2D eigenvalue weighted by Crippen LogP contribution is 2.10. The van der Waals surface area contributed by atoms with E-state index >= 15 is 0 Å². The molecule has 0 fully saturated rings. The highest BCUT2D eigenvalue weighted by atomic mass is 16.5. The monoisotopic (exact) mass is 266 g/mol. The maximum atomic E-state index is 5.48. The summed E-state index contributed by atoms with van der Waals surface area (Å²) in [6.07, 6.45) is 3.71. The highest BCUT2D eigenvalue weighted by molar-refractivity contribution is 5.36. The summed E-state index contributed by atoms with van der Waals surface area (Å²) in [6.45, 7) is 11.3. The Morgan fingerprint density at radius 1 is 1.16 bits per heavy atom. The van der Waals surface area contributed by atoms with Gasteiger partial charge in [0.05, 0.1) is 6.61 Å². The third-order valence-corrected chi connectivity index (χ3v) is 2.82. The van der Waals surface area contributed by atoms with Crippen LogP contribution in [-0.2, 0) is 0 Å². The fraction of sp³-hybridized carbons (Fsp3) is 0.714. The van der Waals surface area contributed by atoms with Crippen molar-refractivity contribution in [1.82, 2.24) is 14.9 Å². The van der Waals surface area contributed by atoms with E-state index in [0.717, 1.165) is 38.4 Å². The molecule has 108 valence electrons. The second-order valence-electron chi connectivity index (χ2n) is 4.45. The van der Waals surface area contributed by atoms with E-state index in [1.165, 1.54) is 12.7 Å². The molecule has 1 aromatic rings. The summed E-state index contributed by atoms with van der Waals surface area (Å²) in [5.74, 6) is 1.47. The van der Waals surface area contributed by atoms with Gasteiger partial charge in [-0.3, -0.25) is 0 Å². The Morgan fingerprint density at radius 3 is 2.68 bits per heavy atom. The zero-order chi connectivity index (χ0) is 13.9. The molecule has 5 heteroatoms. The van der Waals surface area contributed by atoms with Crippen molar-refractivity contribution < 1.29 is 4.74 Å². The van der Waals surface area contributed by atoms with Gasteiger partial charge in [-0.15, -0.1) is 0 Å². The lowest BCUT2D eigenvalue weighted by Gasteiger charge is -2.19. The van der Waals surface area contributed by atoms with Crippen LogP contribution < -0.4 is 10.1 Å². The Morgan fingerprint density at radius 2 is 2.00 bits per heavy atom. The molecule has 0 aliphatic heterocycles. The van der Waals surface area contributed by atoms with Gasteiger partial charge in [-0.2, -0.15) is 0 Å². The van der Waals surface area contributed by atoms with Gasteiger partial charge in [-0.25, -0.2) is 9.97 Å². The zero-order valence-electron chi connectivity index (χ0n) is 12.4. The van der Waals surface area contributed by atoms with Gasteiger partial charge < -0.3 is 15.0 Å². The topological polar surface area (TPSA) is 50.3 Å². The van der Waals surface area contributed by atoms with Crippen LogP contribution in [0.4, 0.5) is 5.82 Å². The van der Waals surface area contributed by atoms with E-state index in [2.05, 4.69) is 41.0 Å². The van der Waals surface area contributed by atoms with Crippen LogP contribution in [0, 0.1) is 0 Å². The fourth-order valence-electron chi connectivity index (χ4n) is 1.81. The van der Waals surface area contributed by atoms with Crippen LogP contribution in [-0.4, -0.2) is 47.7 Å². The molecule has 0 atom stereocenters. The van der Waals surface area contributed by atoms with Crippen molar-refractivity contribution in [2.45, 2.75) is 33.6 Å². The molecule has 0 aromatic carbocycles. The lowest BCUT2D eigenvalue weighted by atomic mass is 10.4. The van der Waals surface area contributed by atoms with Crippen LogP contribution in [0.25, 0.3) is 0 Å². The van der Waals surface area contributed by atoms with Gasteiger partial charge in [0, 0.05) is 19.2 Å². The predicted octanol–water partition coefficient (Wildman–Crippen LogP) is 2.41. The SMILES string of the molecule is CCCOc1cc(NCCN(CC)CCC)ncn1. The summed E-state index contributed by atoms with van der Waals surface area (Å²) >= 11 is 0. The van der Waals surface area contributed by atoms with E-state index < -0.39 is 0 Å². The lowest BCUT2D eigenvalue weighted by Crippen LogP contribution is -2.29. The molecule has 0 bridgehead atoms. The second-order valence-corrected chi connectivity index (χ2v) is 4.45. The maximum absolute atomic E-state index is 5.48. The molecule has 0 spiro atoms. The van der Waals surface area contributed by atoms with Gasteiger partial charge in [0.1, 0.15) is 12.1 Å². The van der Waals surface area contributed by atoms with Crippen molar-refractivity contribution in [3.8, 4) is 5.88 Å². The molecule has 0 unspecified atom stereocenters. The molecule has 0 aliphatic rings. The number of hydrogen-bond acceptors (Lipinski definition) is 5. The summed E-state index contributed by atoms with van der Waals surface area (Å²) in [6, 6.07) is 1.85. The second kappa shape index (κ2) is 9.55. The molecule has 19 heavy (non-hydrogen) atoms. The number of hydrogen-bond donors (Lipinski definition) is 1. The van der Waals surface area contributed by atoms with E-state index in [9.17, 15) is 0 Å². The normalized spacial score (nSPS) is 10.7. The molecular formula is C14H26N4O. The van der Waals surface area contributed by atoms with Gasteiger partial charge in [-0.05, 0) is 25.9 Å². The van der Waals surface area contributed by atoms with E-state index in [1.807, 2.05) is 6.07 Å². The third kappa shape index (κ3) is 6.38. The molecule has 0 aliphatic carbocycles. The van der Waals surface area contributed by atoms with E-state index in [1.54, 1.807) is 0 Å². The van der Waals surface area contributed by atoms with Crippen molar-refractivity contribution in [3.05, 3.63) is 12.4 Å². The van der Waals surface area contributed by atoms with Crippen LogP contribution in [0.5, 0.6) is 5.88 Å². The number of nitrogens with zero attached hydrogens (tertiary/aromatic N) is 3. The van der Waals surface area contributed by atoms with Crippen molar-refractivity contribution in [2.24, 2.45) is 0 Å². The number of aromatic nitrogens is 2. The molecule has 0 saturated heterocycles. The fourth-order valence-corrected chi connectivity index (χ4v) is 1.81. The first-order valence-corrected chi connectivity index (χ1v) is 7.21. The average Bonchev–Trinajstić information content (AvgIpc) is 2.44. The van der Waals surface area contributed by atoms with Gasteiger partial charge in [0.25, 0.3) is 0 Å². The Labute approximate surface area is 116 Å². The van der Waals surface area contributed by atoms with E-state index in [-0.39, 0.29) is 0 Å². The van der Waals surface area contributed by atoms with E-state index in [4.69, 9.17) is 4.74 Å². The molecule has 5 nitrogen and oxygen atoms in total. The standard InChI is InChI=1S/C14H26N4O/c1-4-8-18(6-3)9-7-15-13-11-14(17-12-16-13)19-10-5-2/h11-12H,4-10H2,1-3H3,(H,15,16,17). The Kier molecular flexibility index (Phi) is 7.89. The Bertz CT molecular complexity index is 346. The largest absolute Gasteiger partial charge is 0.478 e. The summed E-state index contributed by atoms with van der Waals surface area (Å²) in [5.41, 5.74) is 0. The average molecular weight is 266 g/mol. The minimum Gasteiger partial charge on any atom is -0.478 e. The highest BCUT2D eigenvalue weighted by Gasteiger charge is 2.02. The first-order chi connectivity index (χ1) is 9.30. The smallest absolute Gasteiger partial charge is 0.218 e. The van der Waals surface area contributed by atoms with Gasteiger partial charge in [0.2, 0.25) is 5.88 Å². The molecular weight excluding hydrogens is 240 g/mol. The first kappa shape index (κ1) is 15.7. The Balaban J connectivity index is 2.35. The molecule has 0 amide bonds. The minimum absolute atomic E-state index is 0.639. The van der Waals surface area contributed by atoms with E-state index in [0.29, 0.717) is 12.5 Å². The molecule has 0 saturated carbocycles. The molecule has 1 aromatic heterocycles. The van der Waals surface area contributed by atoms with Crippen molar-refractivity contribution in [3.63, 3.8) is 0 Å². The number of anilines is 1. The molecule has 1 rings (SSSR count). The van der Waals surface area contributed by atoms with Crippen LogP contribution in [0.2, 0.25) is 0 Å². The third-order valence-electron chi connectivity index (χ3n) is 2.82. The van der Waals surface area contributed by atoms with Crippen molar-refractivity contribution >= 4 is 5.82 Å². The molecule has 1 N–H and O–H groups in total. The molecule has 1 heterocycles. The van der Waals surface area contributed by atoms with Crippen molar-refractivity contribution in [1.29, 1.82) is 0 Å². The summed E-state index contributed by atoms with van der Waals surface area (Å²) in [4.78, 5) is 10.7. The predicted molar refractivity (Wildman–Crippen MR) is 78.7 cm³/mol. The number of nitrogens with one attached hydrogen (secondary N) is 1. The Hall–Kier alpha value is -1.36. The number of likely N-dealkylation sites (N-methyl/N-ethyl adjacent to an activating group) is 1. The number of rotatable bonds is 10. The first-order valence-electron chi connectivity index (χ1n) is 7.21. The zero-order valence-corrected chi connectivity index (χ0v) is 12.4. The maximum Gasteiger partial charge on any atom is 0.218 e. The van der Waals surface area contributed by atoms with Crippen LogP contribution in [0.15, 0.2) is 12.4 Å². The van der Waals surface area contributed by atoms with Crippen molar-refractivity contribution in [2.75, 3.05) is 38.1 Å². The van der Waals surface area contributed by atoms with Crippen LogP contribution in [0.1, 0.15) is 33.6 Å². The molecule has 0 radical (unpaired) electrons. The summed E-state index contributed by atoms with van der Waals surface area (Å²) < 4.78 is 5.48. The van der Waals surface area contributed by atoms with Gasteiger partial charge in [0.15, 0.2) is 0 Å².